The first-order valence-electron chi connectivity index (χ1n) is 4.45. The third-order valence-corrected chi connectivity index (χ3v) is 1.86. The van der Waals surface area contributed by atoms with Gasteiger partial charge in [0.05, 0.1) is 13.2 Å². The minimum absolute atomic E-state index is 0.539. The second-order valence-corrected chi connectivity index (χ2v) is 3.34. The van der Waals surface area contributed by atoms with Crippen molar-refractivity contribution in [2.24, 2.45) is 0 Å². The van der Waals surface area contributed by atoms with Crippen LogP contribution in [0.4, 0.5) is 5.82 Å². The maximum absolute atomic E-state index is 5.24. The fourth-order valence-corrected chi connectivity index (χ4v) is 1.11. The van der Waals surface area contributed by atoms with Crippen molar-refractivity contribution in [1.29, 1.82) is 0 Å². The molecule has 0 radical (unpaired) electrons. The van der Waals surface area contributed by atoms with E-state index in [1.807, 2.05) is 26.0 Å². The zero-order valence-corrected chi connectivity index (χ0v) is 9.82. The molecule has 0 saturated heterocycles. The van der Waals surface area contributed by atoms with Gasteiger partial charge in [0.25, 0.3) is 0 Å². The number of hydrogen-bond donors (Lipinski definition) is 0. The molecule has 0 N–H and O–H groups in total. The van der Waals surface area contributed by atoms with Crippen molar-refractivity contribution < 1.29 is 9.68 Å². The van der Waals surface area contributed by atoms with Gasteiger partial charge in [-0.15, -0.1) is 5.23 Å². The van der Waals surface area contributed by atoms with E-state index in [9.17, 15) is 0 Å². The van der Waals surface area contributed by atoms with Gasteiger partial charge in [-0.3, -0.25) is 0 Å². The zero-order valence-electron chi connectivity index (χ0n) is 8.24. The molecule has 0 atom stereocenters. The quantitative estimate of drug-likeness (QED) is 0.763. The molecule has 0 spiro atoms. The van der Waals surface area contributed by atoms with Gasteiger partial charge < -0.3 is 0 Å². The van der Waals surface area contributed by atoms with Gasteiger partial charge in [0.2, 0.25) is 0 Å². The van der Waals surface area contributed by atoms with Gasteiger partial charge in [-0.1, -0.05) is 0 Å². The molecule has 0 unspecified atom stereocenters. The average molecular weight is 261 g/mol. The van der Waals surface area contributed by atoms with Crippen LogP contribution >= 0.6 is 15.9 Å². The lowest BCUT2D eigenvalue weighted by Crippen LogP contribution is -2.24. The molecule has 0 aliphatic rings. The fourth-order valence-electron chi connectivity index (χ4n) is 0.880. The highest BCUT2D eigenvalue weighted by molar-refractivity contribution is 9.10. The molecule has 0 bridgehead atoms. The first-order valence-corrected chi connectivity index (χ1v) is 5.24. The number of hydrogen-bond acceptors (Lipinski definition) is 4. The Bertz CT molecular complexity index is 260. The van der Waals surface area contributed by atoms with Gasteiger partial charge in [0.1, 0.15) is 0 Å². The maximum atomic E-state index is 5.24. The fraction of sp³-hybridized carbons (Fsp3) is 0.444. The normalized spacial score (nSPS) is 10.2. The number of pyridine rings is 1. The second-order valence-electron chi connectivity index (χ2n) is 2.43. The average Bonchev–Trinajstić information content (AvgIpc) is 2.19. The number of nitrogens with zero attached hydrogens (tertiary/aromatic N) is 2. The van der Waals surface area contributed by atoms with Crippen molar-refractivity contribution in [1.82, 2.24) is 4.98 Å². The molecule has 0 aliphatic carbocycles. The van der Waals surface area contributed by atoms with E-state index in [0.29, 0.717) is 19.0 Å². The Morgan fingerprint density at radius 3 is 2.36 bits per heavy atom. The summed E-state index contributed by atoms with van der Waals surface area (Å²) in [5.41, 5.74) is 0. The van der Waals surface area contributed by atoms with Crippen molar-refractivity contribution in [3.05, 3.63) is 22.8 Å². The van der Waals surface area contributed by atoms with Crippen LogP contribution in [0.15, 0.2) is 22.8 Å². The molecule has 0 saturated carbocycles. The van der Waals surface area contributed by atoms with Gasteiger partial charge in [-0.2, -0.15) is 0 Å². The molecule has 1 heterocycles. The maximum Gasteiger partial charge on any atom is 0.183 e. The van der Waals surface area contributed by atoms with Gasteiger partial charge in [-0.25, -0.2) is 14.7 Å². The van der Waals surface area contributed by atoms with Crippen molar-refractivity contribution in [2.45, 2.75) is 13.8 Å². The molecule has 1 aromatic rings. The molecule has 4 nitrogen and oxygen atoms in total. The Balaban J connectivity index is 2.71. The molecule has 5 heteroatoms. The monoisotopic (exact) mass is 260 g/mol. The first-order chi connectivity index (χ1) is 6.77. The van der Waals surface area contributed by atoms with Crippen LogP contribution in [0.1, 0.15) is 13.8 Å². The van der Waals surface area contributed by atoms with Crippen LogP contribution in [0, 0.1) is 0 Å². The number of halogens is 1. The molecule has 0 amide bonds. The van der Waals surface area contributed by atoms with E-state index in [-0.39, 0.29) is 0 Å². The third kappa shape index (κ3) is 3.25. The summed E-state index contributed by atoms with van der Waals surface area (Å²) in [7, 11) is 0. The lowest BCUT2D eigenvalue weighted by Gasteiger charge is -2.19. The van der Waals surface area contributed by atoms with Crippen LogP contribution in [0.3, 0.4) is 0 Å². The molecule has 78 valence electrons. The molecule has 1 rings (SSSR count). The molecule has 0 fully saturated rings. The smallest absolute Gasteiger partial charge is 0.183 e. The van der Waals surface area contributed by atoms with Crippen molar-refractivity contribution >= 4 is 21.7 Å². The van der Waals surface area contributed by atoms with Crippen LogP contribution < -0.4 is 5.23 Å². The summed E-state index contributed by atoms with van der Waals surface area (Å²) >= 11 is 3.31. The molecule has 14 heavy (non-hydrogen) atoms. The van der Waals surface area contributed by atoms with Crippen LogP contribution in [0.5, 0.6) is 0 Å². The van der Waals surface area contributed by atoms with Crippen LogP contribution in [-0.4, -0.2) is 18.2 Å². The summed E-state index contributed by atoms with van der Waals surface area (Å²) in [6.45, 7) is 4.87. The third-order valence-electron chi connectivity index (χ3n) is 1.39. The summed E-state index contributed by atoms with van der Waals surface area (Å²) in [5.74, 6) is 0.636. The van der Waals surface area contributed by atoms with E-state index in [2.05, 4.69) is 20.9 Å². The van der Waals surface area contributed by atoms with E-state index in [0.717, 1.165) is 4.47 Å². The van der Waals surface area contributed by atoms with Gasteiger partial charge >= 0.3 is 0 Å². The lowest BCUT2D eigenvalue weighted by molar-refractivity contribution is -0.0833. The van der Waals surface area contributed by atoms with E-state index in [1.54, 1.807) is 6.20 Å². The Morgan fingerprint density at radius 2 is 1.93 bits per heavy atom. The van der Waals surface area contributed by atoms with Gasteiger partial charge in [0, 0.05) is 10.7 Å². The molecule has 0 aromatic carbocycles. The number of aromatic nitrogens is 1. The predicted molar refractivity (Wildman–Crippen MR) is 57.7 cm³/mol. The number of anilines is 1. The molecule has 1 aromatic heterocycles. The van der Waals surface area contributed by atoms with Gasteiger partial charge in [0.15, 0.2) is 5.82 Å². The summed E-state index contributed by atoms with van der Waals surface area (Å²) in [4.78, 5) is 14.6. The standard InChI is InChI=1S/C9H13BrN2O2/c1-3-13-12(14-4-2)9-6-5-8(10)7-11-9/h5-7H,3-4H2,1-2H3. The van der Waals surface area contributed by atoms with E-state index >= 15 is 0 Å². The Hall–Kier alpha value is -0.650. The van der Waals surface area contributed by atoms with Crippen LogP contribution in [0.2, 0.25) is 0 Å². The van der Waals surface area contributed by atoms with Crippen LogP contribution in [0.25, 0.3) is 0 Å². The topological polar surface area (TPSA) is 34.6 Å². The largest absolute Gasteiger partial charge is 0.247 e. The minimum atomic E-state index is 0.539. The highest BCUT2D eigenvalue weighted by Crippen LogP contribution is 2.15. The highest BCUT2D eigenvalue weighted by atomic mass is 79.9. The van der Waals surface area contributed by atoms with Crippen LogP contribution in [-0.2, 0) is 9.68 Å². The zero-order chi connectivity index (χ0) is 10.4. The van der Waals surface area contributed by atoms with E-state index in [1.165, 1.54) is 5.23 Å². The summed E-state index contributed by atoms with van der Waals surface area (Å²) in [6, 6.07) is 3.70. The molecular weight excluding hydrogens is 248 g/mol. The first kappa shape index (κ1) is 11.4. The predicted octanol–water partition coefficient (Wildman–Crippen LogP) is 2.55. The van der Waals surface area contributed by atoms with Crippen molar-refractivity contribution in [3.8, 4) is 0 Å². The summed E-state index contributed by atoms with van der Waals surface area (Å²) in [6.07, 6.45) is 1.69. The van der Waals surface area contributed by atoms with E-state index < -0.39 is 0 Å². The summed E-state index contributed by atoms with van der Waals surface area (Å²) < 4.78 is 0.925. The second kappa shape index (κ2) is 5.95. The Morgan fingerprint density at radius 1 is 1.29 bits per heavy atom. The minimum Gasteiger partial charge on any atom is -0.247 e. The van der Waals surface area contributed by atoms with Crippen molar-refractivity contribution in [3.63, 3.8) is 0 Å². The Labute approximate surface area is 91.9 Å². The summed E-state index contributed by atoms with van der Waals surface area (Å²) in [5, 5.41) is 1.33. The lowest BCUT2D eigenvalue weighted by atomic mass is 10.5. The van der Waals surface area contributed by atoms with Crippen molar-refractivity contribution in [2.75, 3.05) is 18.4 Å². The van der Waals surface area contributed by atoms with E-state index in [4.69, 9.17) is 9.68 Å². The Kier molecular flexibility index (Phi) is 4.86. The molecule has 0 aliphatic heterocycles. The molecular formula is C9H13BrN2O2. The SMILES string of the molecule is CCON(OCC)c1ccc(Br)cn1. The number of rotatable bonds is 5. The van der Waals surface area contributed by atoms with Gasteiger partial charge in [-0.05, 0) is 41.9 Å². The highest BCUT2D eigenvalue weighted by Gasteiger charge is 2.07.